The normalized spacial score (nSPS) is 12.5. The Morgan fingerprint density at radius 2 is 2.11 bits per heavy atom. The van der Waals surface area contributed by atoms with Gasteiger partial charge < -0.3 is 15.8 Å². The number of hydrogen-bond acceptors (Lipinski definition) is 5. The summed E-state index contributed by atoms with van der Waals surface area (Å²) in [6, 6.07) is 3.73. The molecule has 0 radical (unpaired) electrons. The molecule has 0 aliphatic carbocycles. The van der Waals surface area contributed by atoms with Gasteiger partial charge in [-0.15, -0.1) is 0 Å². The second-order valence-electron chi connectivity index (χ2n) is 5.24. The van der Waals surface area contributed by atoms with E-state index >= 15 is 0 Å². The Bertz CT molecular complexity index is 385. The average Bonchev–Trinajstić information content (AvgIpc) is 2.36. The Morgan fingerprint density at radius 3 is 2.74 bits per heavy atom. The smallest absolute Gasteiger partial charge is 0.239 e. The quantitative estimate of drug-likeness (QED) is 0.767. The zero-order chi connectivity index (χ0) is 14.3. The van der Waals surface area contributed by atoms with E-state index in [0.29, 0.717) is 30.0 Å². The molecule has 19 heavy (non-hydrogen) atoms. The van der Waals surface area contributed by atoms with Gasteiger partial charge in [0, 0.05) is 6.54 Å². The van der Waals surface area contributed by atoms with Crippen LogP contribution in [-0.4, -0.2) is 30.1 Å². The van der Waals surface area contributed by atoms with Gasteiger partial charge in [-0.25, -0.2) is 0 Å². The number of anilines is 2. The van der Waals surface area contributed by atoms with E-state index in [9.17, 15) is 0 Å². The van der Waals surface area contributed by atoms with Crippen molar-refractivity contribution in [1.29, 1.82) is 0 Å². The number of hydrogen-bond donors (Lipinski definition) is 2. The molecule has 1 heterocycles. The fourth-order valence-corrected chi connectivity index (χ4v) is 2.22. The number of thioether (sulfide) groups is 1. The summed E-state index contributed by atoms with van der Waals surface area (Å²) in [5.41, 5.74) is 6.45. The number of rotatable bonds is 8. The first-order valence-corrected chi connectivity index (χ1v) is 8.04. The van der Waals surface area contributed by atoms with Crippen molar-refractivity contribution in [2.75, 3.05) is 36.2 Å². The maximum atomic E-state index is 5.86. The van der Waals surface area contributed by atoms with E-state index in [0.717, 1.165) is 18.1 Å². The van der Waals surface area contributed by atoms with E-state index in [1.807, 2.05) is 23.9 Å². The number of pyridine rings is 1. The van der Waals surface area contributed by atoms with Gasteiger partial charge in [-0.3, -0.25) is 0 Å². The van der Waals surface area contributed by atoms with Gasteiger partial charge in [0.05, 0.1) is 12.3 Å². The fraction of sp³-hybridized carbons (Fsp3) is 0.643. The van der Waals surface area contributed by atoms with Crippen LogP contribution in [0.25, 0.3) is 0 Å². The minimum atomic E-state index is 0.458. The Kier molecular flexibility index (Phi) is 6.84. The van der Waals surface area contributed by atoms with Crippen molar-refractivity contribution in [3.05, 3.63) is 12.1 Å². The third-order valence-electron chi connectivity index (χ3n) is 2.53. The summed E-state index contributed by atoms with van der Waals surface area (Å²) >= 11 is 1.86. The summed E-state index contributed by atoms with van der Waals surface area (Å²) in [5, 5.41) is 3.32. The molecular formula is C14H25N3OS. The molecule has 1 aromatic rings. The molecular weight excluding hydrogens is 258 g/mol. The molecule has 1 aromatic heterocycles. The van der Waals surface area contributed by atoms with E-state index in [2.05, 4.69) is 37.3 Å². The summed E-state index contributed by atoms with van der Waals surface area (Å²) in [5.74, 6) is 3.55. The molecule has 0 aliphatic heterocycles. The topological polar surface area (TPSA) is 60.2 Å². The van der Waals surface area contributed by atoms with Crippen LogP contribution in [0.3, 0.4) is 0 Å². The van der Waals surface area contributed by atoms with Crippen molar-refractivity contribution < 1.29 is 4.74 Å². The van der Waals surface area contributed by atoms with Gasteiger partial charge in [0.15, 0.2) is 0 Å². The predicted octanol–water partition coefficient (Wildman–Crippen LogP) is 3.11. The van der Waals surface area contributed by atoms with Gasteiger partial charge in [-0.1, -0.05) is 20.8 Å². The Morgan fingerprint density at radius 1 is 1.37 bits per heavy atom. The first kappa shape index (κ1) is 16.0. The van der Waals surface area contributed by atoms with Crippen LogP contribution in [0.4, 0.5) is 11.5 Å². The lowest BCUT2D eigenvalue weighted by molar-refractivity contribution is 0.263. The molecule has 4 nitrogen and oxygen atoms in total. The summed E-state index contributed by atoms with van der Waals surface area (Å²) < 4.78 is 5.61. The molecule has 1 unspecified atom stereocenters. The van der Waals surface area contributed by atoms with Crippen molar-refractivity contribution in [1.82, 2.24) is 4.98 Å². The number of nitrogens with zero attached hydrogens (tertiary/aromatic N) is 1. The number of ether oxygens (including phenoxy) is 1. The average molecular weight is 283 g/mol. The maximum absolute atomic E-state index is 5.86. The van der Waals surface area contributed by atoms with Crippen molar-refractivity contribution >= 4 is 23.3 Å². The second kappa shape index (κ2) is 8.15. The van der Waals surface area contributed by atoms with Gasteiger partial charge in [0.25, 0.3) is 0 Å². The second-order valence-corrected chi connectivity index (χ2v) is 6.15. The third-order valence-corrected chi connectivity index (χ3v) is 3.43. The van der Waals surface area contributed by atoms with Gasteiger partial charge >= 0.3 is 0 Å². The summed E-state index contributed by atoms with van der Waals surface area (Å²) in [6.07, 6.45) is 2.12. The van der Waals surface area contributed by atoms with E-state index in [1.54, 1.807) is 0 Å². The largest absolute Gasteiger partial charge is 0.476 e. The van der Waals surface area contributed by atoms with Gasteiger partial charge in [0.2, 0.25) is 5.88 Å². The monoisotopic (exact) mass is 283 g/mol. The van der Waals surface area contributed by atoms with Gasteiger partial charge in [0.1, 0.15) is 5.82 Å². The zero-order valence-electron chi connectivity index (χ0n) is 12.3. The highest BCUT2D eigenvalue weighted by Gasteiger charge is 2.07. The molecule has 0 spiro atoms. The first-order chi connectivity index (χ1) is 9.02. The molecule has 0 saturated heterocycles. The molecule has 108 valence electrons. The van der Waals surface area contributed by atoms with Crippen LogP contribution in [0.1, 0.15) is 20.8 Å². The SMILES string of the molecule is CSCC(C)CNc1ccc(N)c(OCC(C)C)n1. The zero-order valence-corrected chi connectivity index (χ0v) is 13.1. The molecule has 3 N–H and O–H groups in total. The van der Waals surface area contributed by atoms with Crippen molar-refractivity contribution in [2.45, 2.75) is 20.8 Å². The fourth-order valence-electron chi connectivity index (χ4n) is 1.53. The number of nitrogens with two attached hydrogens (primary N) is 1. The minimum Gasteiger partial charge on any atom is -0.476 e. The van der Waals surface area contributed by atoms with Crippen molar-refractivity contribution in [3.8, 4) is 5.88 Å². The third kappa shape index (κ3) is 6.05. The standard InChI is InChI=1S/C14H25N3OS/c1-10(2)8-18-14-12(15)5-6-13(17-14)16-7-11(3)9-19-4/h5-6,10-11H,7-9,15H2,1-4H3,(H,16,17). The molecule has 0 saturated carbocycles. The van der Waals surface area contributed by atoms with Crippen LogP contribution in [0, 0.1) is 11.8 Å². The number of nitrogen functional groups attached to an aromatic ring is 1. The Labute approximate surface area is 120 Å². The first-order valence-electron chi connectivity index (χ1n) is 6.65. The lowest BCUT2D eigenvalue weighted by Crippen LogP contribution is -2.15. The van der Waals surface area contributed by atoms with Crippen LogP contribution in [0.2, 0.25) is 0 Å². The highest BCUT2D eigenvalue weighted by molar-refractivity contribution is 7.98. The maximum Gasteiger partial charge on any atom is 0.239 e. The molecule has 0 amide bonds. The molecule has 0 fully saturated rings. The lowest BCUT2D eigenvalue weighted by Gasteiger charge is -2.14. The van der Waals surface area contributed by atoms with Gasteiger partial charge in [-0.2, -0.15) is 16.7 Å². The Balaban J connectivity index is 2.57. The van der Waals surface area contributed by atoms with Crippen LogP contribution >= 0.6 is 11.8 Å². The molecule has 5 heteroatoms. The molecule has 1 rings (SSSR count). The van der Waals surface area contributed by atoms with Crippen LogP contribution in [-0.2, 0) is 0 Å². The van der Waals surface area contributed by atoms with Crippen molar-refractivity contribution in [3.63, 3.8) is 0 Å². The number of aromatic nitrogens is 1. The van der Waals surface area contributed by atoms with Gasteiger partial charge in [-0.05, 0) is 36.0 Å². The highest BCUT2D eigenvalue weighted by atomic mass is 32.2. The lowest BCUT2D eigenvalue weighted by atomic mass is 10.2. The minimum absolute atomic E-state index is 0.458. The molecule has 0 bridgehead atoms. The highest BCUT2D eigenvalue weighted by Crippen LogP contribution is 2.21. The van der Waals surface area contributed by atoms with E-state index in [-0.39, 0.29) is 0 Å². The predicted molar refractivity (Wildman–Crippen MR) is 85.0 cm³/mol. The molecule has 0 aromatic carbocycles. The van der Waals surface area contributed by atoms with Crippen LogP contribution < -0.4 is 15.8 Å². The summed E-state index contributed by atoms with van der Waals surface area (Å²) in [7, 11) is 0. The van der Waals surface area contributed by atoms with E-state index < -0.39 is 0 Å². The van der Waals surface area contributed by atoms with E-state index in [4.69, 9.17) is 10.5 Å². The molecule has 0 aliphatic rings. The summed E-state index contributed by atoms with van der Waals surface area (Å²) in [4.78, 5) is 4.41. The van der Waals surface area contributed by atoms with Crippen LogP contribution in [0.5, 0.6) is 5.88 Å². The van der Waals surface area contributed by atoms with Crippen LogP contribution in [0.15, 0.2) is 12.1 Å². The summed E-state index contributed by atoms with van der Waals surface area (Å²) in [6.45, 7) is 7.95. The molecule has 1 atom stereocenters. The Hall–Kier alpha value is -1.10. The number of nitrogens with one attached hydrogen (secondary N) is 1. The van der Waals surface area contributed by atoms with Crippen molar-refractivity contribution in [2.24, 2.45) is 11.8 Å². The van der Waals surface area contributed by atoms with E-state index in [1.165, 1.54) is 0 Å².